The number of hydrogen-bond donors (Lipinski definition) is 0. The van der Waals surface area contributed by atoms with E-state index in [4.69, 9.17) is 9.84 Å². The molecule has 0 bridgehead atoms. The van der Waals surface area contributed by atoms with Crippen LogP contribution in [0, 0.1) is 0 Å². The number of rotatable bonds is 6. The summed E-state index contributed by atoms with van der Waals surface area (Å²) in [6.45, 7) is 1.64. The molecule has 2 aliphatic heterocycles. The van der Waals surface area contributed by atoms with Crippen molar-refractivity contribution in [2.45, 2.75) is 25.3 Å². The molecule has 3 aromatic rings. The third-order valence-electron chi connectivity index (χ3n) is 6.02. The monoisotopic (exact) mass is 459 g/mol. The summed E-state index contributed by atoms with van der Waals surface area (Å²) in [5, 5.41) is 8.21. The second-order valence-corrected chi connectivity index (χ2v) is 9.16. The first-order valence-corrected chi connectivity index (χ1v) is 12.1. The van der Waals surface area contributed by atoms with Crippen LogP contribution in [-0.4, -0.2) is 47.1 Å². The summed E-state index contributed by atoms with van der Waals surface area (Å²) in [6, 6.07) is 21.0. The van der Waals surface area contributed by atoms with Crippen LogP contribution in [-0.2, 0) is 4.79 Å². The molecule has 0 spiro atoms. The van der Waals surface area contributed by atoms with Crippen molar-refractivity contribution >= 4 is 28.9 Å². The summed E-state index contributed by atoms with van der Waals surface area (Å²) in [5.74, 6) is 0.524. The molecule has 0 N–H and O–H groups in total. The summed E-state index contributed by atoms with van der Waals surface area (Å²) >= 11 is 1.41. The van der Waals surface area contributed by atoms with E-state index in [0.29, 0.717) is 17.0 Å². The third kappa shape index (κ3) is 4.68. The standard InChI is InChI=1S/C26H25N3O3S/c30-25(28-13-4-5-14-28)18-32-21-11-6-10-20(16-21)23-17-22(19-8-2-1-3-9-19)27-29(23)26(31)24-12-7-15-33-24/h1-3,6-12,15-16,23H,4-5,13-14,17-18H2/t23-/m1/s1. The fourth-order valence-corrected chi connectivity index (χ4v) is 4.95. The van der Waals surface area contributed by atoms with E-state index in [0.717, 1.165) is 42.8 Å². The van der Waals surface area contributed by atoms with E-state index in [-0.39, 0.29) is 24.5 Å². The summed E-state index contributed by atoms with van der Waals surface area (Å²) in [6.07, 6.45) is 2.72. The Kier molecular flexibility index (Phi) is 6.21. The van der Waals surface area contributed by atoms with Crippen LogP contribution in [0.4, 0.5) is 0 Å². The second-order valence-electron chi connectivity index (χ2n) is 8.21. The number of amides is 2. The minimum absolute atomic E-state index is 0.0166. The van der Waals surface area contributed by atoms with Gasteiger partial charge < -0.3 is 9.64 Å². The molecule has 5 rings (SSSR count). The zero-order valence-corrected chi connectivity index (χ0v) is 19.0. The Morgan fingerprint density at radius 2 is 1.82 bits per heavy atom. The van der Waals surface area contributed by atoms with Gasteiger partial charge in [0.2, 0.25) is 0 Å². The molecule has 1 aromatic heterocycles. The highest BCUT2D eigenvalue weighted by molar-refractivity contribution is 7.12. The van der Waals surface area contributed by atoms with Crippen molar-refractivity contribution in [3.8, 4) is 5.75 Å². The maximum absolute atomic E-state index is 13.3. The number of carbonyl (C=O) groups excluding carboxylic acids is 2. The van der Waals surface area contributed by atoms with E-state index < -0.39 is 0 Å². The average Bonchev–Trinajstić information content (AvgIpc) is 3.64. The van der Waals surface area contributed by atoms with Crippen LogP contribution in [0.25, 0.3) is 0 Å². The molecule has 1 fully saturated rings. The van der Waals surface area contributed by atoms with Crippen LogP contribution in [0.1, 0.15) is 46.1 Å². The van der Waals surface area contributed by atoms with Crippen molar-refractivity contribution in [2.24, 2.45) is 5.10 Å². The molecule has 1 atom stereocenters. The summed E-state index contributed by atoms with van der Waals surface area (Å²) in [4.78, 5) is 28.1. The van der Waals surface area contributed by atoms with Gasteiger partial charge in [0.1, 0.15) is 5.75 Å². The van der Waals surface area contributed by atoms with Gasteiger partial charge in [-0.1, -0.05) is 48.5 Å². The van der Waals surface area contributed by atoms with Crippen LogP contribution in [0.2, 0.25) is 0 Å². The van der Waals surface area contributed by atoms with Gasteiger partial charge in [0, 0.05) is 19.5 Å². The maximum atomic E-state index is 13.3. The smallest absolute Gasteiger partial charge is 0.284 e. The van der Waals surface area contributed by atoms with E-state index >= 15 is 0 Å². The molecule has 0 saturated carbocycles. The lowest BCUT2D eigenvalue weighted by Gasteiger charge is -2.22. The van der Waals surface area contributed by atoms with Gasteiger partial charge in [-0.2, -0.15) is 5.10 Å². The normalized spacial score (nSPS) is 17.8. The van der Waals surface area contributed by atoms with E-state index in [1.54, 1.807) is 5.01 Å². The van der Waals surface area contributed by atoms with Gasteiger partial charge in [0.15, 0.2) is 6.61 Å². The van der Waals surface area contributed by atoms with Crippen LogP contribution in [0.5, 0.6) is 5.75 Å². The molecule has 168 valence electrons. The van der Waals surface area contributed by atoms with Crippen LogP contribution < -0.4 is 4.74 Å². The predicted molar refractivity (Wildman–Crippen MR) is 129 cm³/mol. The lowest BCUT2D eigenvalue weighted by molar-refractivity contribution is -0.132. The van der Waals surface area contributed by atoms with Gasteiger partial charge in [-0.3, -0.25) is 9.59 Å². The average molecular weight is 460 g/mol. The minimum atomic E-state index is -0.243. The van der Waals surface area contributed by atoms with Crippen molar-refractivity contribution < 1.29 is 14.3 Å². The van der Waals surface area contributed by atoms with Gasteiger partial charge in [-0.25, -0.2) is 5.01 Å². The molecule has 6 nitrogen and oxygen atoms in total. The quantitative estimate of drug-likeness (QED) is 0.535. The van der Waals surface area contributed by atoms with Crippen LogP contribution in [0.3, 0.4) is 0 Å². The van der Waals surface area contributed by atoms with Crippen molar-refractivity contribution in [1.29, 1.82) is 0 Å². The van der Waals surface area contributed by atoms with Crippen molar-refractivity contribution in [3.05, 3.63) is 88.1 Å². The molecule has 2 aromatic carbocycles. The van der Waals surface area contributed by atoms with Crippen molar-refractivity contribution in [3.63, 3.8) is 0 Å². The van der Waals surface area contributed by atoms with Crippen LogP contribution >= 0.6 is 11.3 Å². The first-order valence-electron chi connectivity index (χ1n) is 11.2. The first kappa shape index (κ1) is 21.4. The molecule has 2 amide bonds. The van der Waals surface area contributed by atoms with E-state index in [2.05, 4.69) is 0 Å². The molecule has 3 heterocycles. The molecule has 1 saturated heterocycles. The highest BCUT2D eigenvalue weighted by Gasteiger charge is 2.34. The number of nitrogens with zero attached hydrogens (tertiary/aromatic N) is 3. The Morgan fingerprint density at radius 1 is 1.00 bits per heavy atom. The highest BCUT2D eigenvalue weighted by Crippen LogP contribution is 2.35. The SMILES string of the molecule is O=C(COc1cccc([C@H]2CC(c3ccccc3)=NN2C(=O)c2cccs2)c1)N1CCCC1. The van der Waals surface area contributed by atoms with Gasteiger partial charge in [-0.05, 0) is 47.5 Å². The summed E-state index contributed by atoms with van der Waals surface area (Å²) < 4.78 is 5.83. The number of ether oxygens (including phenoxy) is 1. The zero-order chi connectivity index (χ0) is 22.6. The van der Waals surface area contributed by atoms with Gasteiger partial charge in [0.05, 0.1) is 16.6 Å². The largest absolute Gasteiger partial charge is 0.484 e. The number of hydrogen-bond acceptors (Lipinski definition) is 5. The molecule has 0 aliphatic carbocycles. The number of carbonyl (C=O) groups is 2. The molecular formula is C26H25N3O3S. The van der Waals surface area contributed by atoms with Crippen LogP contribution in [0.15, 0.2) is 77.2 Å². The van der Waals surface area contributed by atoms with Gasteiger partial charge >= 0.3 is 0 Å². The maximum Gasteiger partial charge on any atom is 0.284 e. The molecule has 7 heteroatoms. The fraction of sp³-hybridized carbons (Fsp3) is 0.269. The van der Waals surface area contributed by atoms with Gasteiger partial charge in [0.25, 0.3) is 11.8 Å². The Labute approximate surface area is 197 Å². The second kappa shape index (κ2) is 9.58. The number of thiophene rings is 1. The lowest BCUT2D eigenvalue weighted by Crippen LogP contribution is -2.32. The Morgan fingerprint density at radius 3 is 2.58 bits per heavy atom. The summed E-state index contributed by atoms with van der Waals surface area (Å²) in [5.41, 5.74) is 2.81. The van der Waals surface area contributed by atoms with E-state index in [1.165, 1.54) is 11.3 Å². The molecule has 2 aliphatic rings. The number of hydrazone groups is 1. The Hall–Kier alpha value is -3.45. The molecule has 0 radical (unpaired) electrons. The topological polar surface area (TPSA) is 62.2 Å². The lowest BCUT2D eigenvalue weighted by atomic mass is 9.98. The molecular weight excluding hydrogens is 434 g/mol. The van der Waals surface area contributed by atoms with Crippen molar-refractivity contribution in [2.75, 3.05) is 19.7 Å². The number of benzene rings is 2. The van der Waals surface area contributed by atoms with Crippen molar-refractivity contribution in [1.82, 2.24) is 9.91 Å². The molecule has 0 unspecified atom stereocenters. The minimum Gasteiger partial charge on any atom is -0.484 e. The Balaban J connectivity index is 1.37. The highest BCUT2D eigenvalue weighted by atomic mass is 32.1. The van der Waals surface area contributed by atoms with E-state index in [9.17, 15) is 9.59 Å². The zero-order valence-electron chi connectivity index (χ0n) is 18.2. The van der Waals surface area contributed by atoms with Gasteiger partial charge in [-0.15, -0.1) is 11.3 Å². The first-order chi connectivity index (χ1) is 16.2. The van der Waals surface area contributed by atoms with E-state index in [1.807, 2.05) is 77.0 Å². The molecule has 33 heavy (non-hydrogen) atoms. The number of likely N-dealkylation sites (tertiary alicyclic amines) is 1. The third-order valence-corrected chi connectivity index (χ3v) is 6.88. The Bertz CT molecular complexity index is 1150. The fourth-order valence-electron chi connectivity index (χ4n) is 4.29. The predicted octanol–water partition coefficient (Wildman–Crippen LogP) is 4.74. The summed E-state index contributed by atoms with van der Waals surface area (Å²) in [7, 11) is 0.